The third-order valence-electron chi connectivity index (χ3n) is 6.46. The molecular formula is C30H34Cl3N3O4S. The van der Waals surface area contributed by atoms with Crippen LogP contribution >= 0.6 is 34.8 Å². The zero-order chi connectivity index (χ0) is 30.3. The van der Waals surface area contributed by atoms with Gasteiger partial charge >= 0.3 is 0 Å². The average molecular weight is 639 g/mol. The third-order valence-corrected chi connectivity index (χ3v) is 8.53. The first-order valence-corrected chi connectivity index (χ1v) is 16.0. The number of sulfonamides is 1. The molecule has 0 aromatic heterocycles. The van der Waals surface area contributed by atoms with Crippen molar-refractivity contribution in [3.8, 4) is 0 Å². The summed E-state index contributed by atoms with van der Waals surface area (Å²) in [6.07, 6.45) is 1.21. The lowest BCUT2D eigenvalue weighted by atomic mass is 10.0. The fraction of sp³-hybridized carbons (Fsp3) is 0.333. The van der Waals surface area contributed by atoms with Gasteiger partial charge in [0, 0.05) is 40.1 Å². The molecule has 0 saturated heterocycles. The van der Waals surface area contributed by atoms with Crippen LogP contribution in [0.25, 0.3) is 0 Å². The third kappa shape index (κ3) is 9.10. The standard InChI is InChI=1S/C30H34Cl3N3O4S/c1-20(2)17-34-30(38)28(15-22-9-6-5-7-10-22)35(18-24-25(32)11-8-12-26(24)33)29(37)19-36(41(4,39)40)27-16-23(31)14-13-21(27)3/h5-14,16,20,28H,15,17-19H2,1-4H3,(H,34,38). The van der Waals surface area contributed by atoms with Crippen LogP contribution in [0.15, 0.2) is 66.7 Å². The number of aryl methyl sites for hydroxylation is 1. The lowest BCUT2D eigenvalue weighted by Crippen LogP contribution is -2.53. The maximum atomic E-state index is 14.2. The van der Waals surface area contributed by atoms with Crippen LogP contribution in [-0.4, -0.2) is 50.5 Å². The molecule has 41 heavy (non-hydrogen) atoms. The number of carbonyl (C=O) groups excluding carboxylic acids is 2. The van der Waals surface area contributed by atoms with Crippen molar-refractivity contribution in [1.29, 1.82) is 0 Å². The average Bonchev–Trinajstić information content (AvgIpc) is 2.90. The number of benzene rings is 3. The summed E-state index contributed by atoms with van der Waals surface area (Å²) in [6, 6.07) is 18.1. The van der Waals surface area contributed by atoms with E-state index in [1.165, 1.54) is 11.0 Å². The highest BCUT2D eigenvalue weighted by atomic mass is 35.5. The van der Waals surface area contributed by atoms with E-state index in [-0.39, 0.29) is 30.5 Å². The zero-order valence-electron chi connectivity index (χ0n) is 23.4. The first kappa shape index (κ1) is 32.7. The molecule has 1 atom stereocenters. The molecule has 0 radical (unpaired) electrons. The van der Waals surface area contributed by atoms with Crippen molar-refractivity contribution in [3.63, 3.8) is 0 Å². The van der Waals surface area contributed by atoms with Gasteiger partial charge in [-0.05, 0) is 48.2 Å². The molecule has 0 aliphatic heterocycles. The van der Waals surface area contributed by atoms with Crippen LogP contribution in [0.4, 0.5) is 5.69 Å². The predicted molar refractivity (Wildman–Crippen MR) is 167 cm³/mol. The van der Waals surface area contributed by atoms with Crippen LogP contribution in [0.1, 0.15) is 30.5 Å². The molecule has 0 saturated carbocycles. The number of halogens is 3. The zero-order valence-corrected chi connectivity index (χ0v) is 26.5. The molecular weight excluding hydrogens is 605 g/mol. The highest BCUT2D eigenvalue weighted by Gasteiger charge is 2.34. The Hall–Kier alpha value is -2.78. The van der Waals surface area contributed by atoms with Crippen LogP contribution in [0.5, 0.6) is 0 Å². The minimum absolute atomic E-state index is 0.115. The van der Waals surface area contributed by atoms with Crippen LogP contribution in [0, 0.1) is 12.8 Å². The van der Waals surface area contributed by atoms with E-state index in [0.29, 0.717) is 32.7 Å². The summed E-state index contributed by atoms with van der Waals surface area (Å²) in [7, 11) is -3.93. The highest BCUT2D eigenvalue weighted by Crippen LogP contribution is 2.29. The van der Waals surface area contributed by atoms with Crippen molar-refractivity contribution in [2.45, 2.75) is 39.8 Å². The molecule has 3 aromatic carbocycles. The second kappa shape index (κ2) is 14.4. The summed E-state index contributed by atoms with van der Waals surface area (Å²) in [5, 5.41) is 3.90. The predicted octanol–water partition coefficient (Wildman–Crippen LogP) is 6.13. The van der Waals surface area contributed by atoms with Crippen molar-refractivity contribution in [2.75, 3.05) is 23.7 Å². The Morgan fingerprint density at radius 2 is 1.56 bits per heavy atom. The molecule has 11 heteroatoms. The van der Waals surface area contributed by atoms with Gasteiger partial charge in [-0.25, -0.2) is 8.42 Å². The normalized spacial score (nSPS) is 12.2. The van der Waals surface area contributed by atoms with Crippen LogP contribution in [0.2, 0.25) is 15.1 Å². The van der Waals surface area contributed by atoms with E-state index in [2.05, 4.69) is 5.32 Å². The van der Waals surface area contributed by atoms with Gasteiger partial charge in [0.2, 0.25) is 21.8 Å². The highest BCUT2D eigenvalue weighted by molar-refractivity contribution is 7.92. The quantitative estimate of drug-likeness (QED) is 0.259. The Bertz CT molecular complexity index is 1460. The monoisotopic (exact) mass is 637 g/mol. The van der Waals surface area contributed by atoms with Crippen molar-refractivity contribution in [3.05, 3.63) is 98.5 Å². The van der Waals surface area contributed by atoms with E-state index >= 15 is 0 Å². The summed E-state index contributed by atoms with van der Waals surface area (Å²) >= 11 is 19.2. The second-order valence-electron chi connectivity index (χ2n) is 10.3. The Morgan fingerprint density at radius 3 is 2.15 bits per heavy atom. The number of nitrogens with zero attached hydrogens (tertiary/aromatic N) is 2. The Balaban J connectivity index is 2.12. The number of nitrogens with one attached hydrogen (secondary N) is 1. The minimum Gasteiger partial charge on any atom is -0.354 e. The van der Waals surface area contributed by atoms with E-state index in [4.69, 9.17) is 34.8 Å². The molecule has 1 unspecified atom stereocenters. The number of anilines is 1. The molecule has 220 valence electrons. The summed E-state index contributed by atoms with van der Waals surface area (Å²) < 4.78 is 27.0. The molecule has 0 heterocycles. The van der Waals surface area contributed by atoms with E-state index in [1.807, 2.05) is 44.2 Å². The van der Waals surface area contributed by atoms with Gasteiger partial charge in [-0.2, -0.15) is 0 Å². The Labute approximate surface area is 257 Å². The fourth-order valence-electron chi connectivity index (χ4n) is 4.28. The fourth-order valence-corrected chi connectivity index (χ4v) is 5.86. The van der Waals surface area contributed by atoms with Crippen molar-refractivity contribution in [1.82, 2.24) is 10.2 Å². The molecule has 3 aromatic rings. The van der Waals surface area contributed by atoms with E-state index < -0.39 is 28.5 Å². The first-order valence-electron chi connectivity index (χ1n) is 13.1. The molecule has 1 N–H and O–H groups in total. The van der Waals surface area contributed by atoms with Gasteiger partial charge in [0.05, 0.1) is 11.9 Å². The number of carbonyl (C=O) groups is 2. The Morgan fingerprint density at radius 1 is 0.927 bits per heavy atom. The van der Waals surface area contributed by atoms with Gasteiger partial charge in [-0.3, -0.25) is 13.9 Å². The maximum absolute atomic E-state index is 14.2. The Kier molecular flexibility index (Phi) is 11.5. The van der Waals surface area contributed by atoms with Gasteiger partial charge in [0.25, 0.3) is 0 Å². The number of hydrogen-bond donors (Lipinski definition) is 1. The molecule has 0 bridgehead atoms. The van der Waals surface area contributed by atoms with Gasteiger partial charge in [-0.1, -0.05) is 91.1 Å². The summed E-state index contributed by atoms with van der Waals surface area (Å²) in [5.74, 6) is -0.805. The van der Waals surface area contributed by atoms with Crippen LogP contribution in [0.3, 0.4) is 0 Å². The van der Waals surface area contributed by atoms with Gasteiger partial charge < -0.3 is 10.2 Å². The summed E-state index contributed by atoms with van der Waals surface area (Å²) in [6.45, 7) is 5.39. The first-order chi connectivity index (χ1) is 19.3. The lowest BCUT2D eigenvalue weighted by Gasteiger charge is -2.34. The topological polar surface area (TPSA) is 86.8 Å². The summed E-state index contributed by atoms with van der Waals surface area (Å²) in [4.78, 5) is 29.2. The van der Waals surface area contributed by atoms with E-state index in [9.17, 15) is 18.0 Å². The van der Waals surface area contributed by atoms with Gasteiger partial charge in [-0.15, -0.1) is 0 Å². The van der Waals surface area contributed by atoms with Crippen molar-refractivity contribution < 1.29 is 18.0 Å². The largest absolute Gasteiger partial charge is 0.354 e. The van der Waals surface area contributed by atoms with E-state index in [0.717, 1.165) is 16.1 Å². The maximum Gasteiger partial charge on any atom is 0.244 e. The molecule has 0 aliphatic rings. The smallest absolute Gasteiger partial charge is 0.244 e. The van der Waals surface area contributed by atoms with Gasteiger partial charge in [0.15, 0.2) is 0 Å². The number of amides is 2. The molecule has 2 amide bonds. The molecule has 0 fully saturated rings. The molecule has 0 spiro atoms. The van der Waals surface area contributed by atoms with Crippen LogP contribution < -0.4 is 9.62 Å². The molecule has 7 nitrogen and oxygen atoms in total. The van der Waals surface area contributed by atoms with Crippen molar-refractivity contribution >= 4 is 62.3 Å². The summed E-state index contributed by atoms with van der Waals surface area (Å²) in [5.41, 5.74) is 2.16. The van der Waals surface area contributed by atoms with E-state index in [1.54, 1.807) is 37.3 Å². The number of hydrogen-bond acceptors (Lipinski definition) is 4. The SMILES string of the molecule is Cc1ccc(Cl)cc1N(CC(=O)N(Cc1c(Cl)cccc1Cl)C(Cc1ccccc1)C(=O)NCC(C)C)S(C)(=O)=O. The van der Waals surface area contributed by atoms with Crippen LogP contribution in [-0.2, 0) is 32.6 Å². The lowest BCUT2D eigenvalue weighted by molar-refractivity contribution is -0.140. The number of rotatable bonds is 12. The minimum atomic E-state index is -3.93. The van der Waals surface area contributed by atoms with Crippen molar-refractivity contribution in [2.24, 2.45) is 5.92 Å². The van der Waals surface area contributed by atoms with Gasteiger partial charge in [0.1, 0.15) is 12.6 Å². The molecule has 3 rings (SSSR count). The second-order valence-corrected chi connectivity index (χ2v) is 13.4. The molecule has 0 aliphatic carbocycles.